The Morgan fingerprint density at radius 3 is 2.29 bits per heavy atom. The van der Waals surface area contributed by atoms with Crippen molar-refractivity contribution in [2.75, 3.05) is 0 Å². The predicted molar refractivity (Wildman–Crippen MR) is 65.0 cm³/mol. The maximum atomic E-state index is 12.4. The average molecular weight is 335 g/mol. The number of benzene rings is 1. The van der Waals surface area contributed by atoms with E-state index >= 15 is 0 Å². The first kappa shape index (κ1) is 16.7. The molecule has 98 valence electrons. The largest absolute Gasteiger partial charge is 0.416 e. The van der Waals surface area contributed by atoms with Gasteiger partial charge in [0.2, 0.25) is 0 Å². The zero-order valence-electron chi connectivity index (χ0n) is 8.83. The van der Waals surface area contributed by atoms with Crippen molar-refractivity contribution in [3.8, 4) is 0 Å². The maximum absolute atomic E-state index is 12.4. The van der Waals surface area contributed by atoms with E-state index in [0.29, 0.717) is 4.47 Å². The molecule has 17 heavy (non-hydrogen) atoms. The molecule has 0 amide bonds. The number of alkyl halides is 3. The normalized spacial score (nSPS) is 15.0. The number of aliphatic hydroxyl groups excluding tert-OH is 1. The van der Waals surface area contributed by atoms with E-state index in [0.717, 1.165) is 12.1 Å². The summed E-state index contributed by atoms with van der Waals surface area (Å²) in [7, 11) is 0. The number of halogens is 5. The molecule has 0 fully saturated rings. The third kappa shape index (κ3) is 4.13. The Kier molecular flexibility index (Phi) is 5.93. The molecular weight excluding hydrogens is 322 g/mol. The van der Waals surface area contributed by atoms with Crippen LogP contribution in [-0.4, -0.2) is 11.2 Å². The summed E-state index contributed by atoms with van der Waals surface area (Å²) < 4.78 is 37.8. The fourth-order valence-corrected chi connectivity index (χ4v) is 1.75. The van der Waals surface area contributed by atoms with Gasteiger partial charge in [0.25, 0.3) is 0 Å². The van der Waals surface area contributed by atoms with Crippen LogP contribution in [0.15, 0.2) is 22.7 Å². The summed E-state index contributed by atoms with van der Waals surface area (Å²) in [5.74, 6) is 0. The molecule has 0 saturated heterocycles. The Labute approximate surface area is 112 Å². The Balaban J connectivity index is 0.00000256. The zero-order valence-corrected chi connectivity index (χ0v) is 11.2. The second kappa shape index (κ2) is 6.04. The molecule has 1 rings (SSSR count). The van der Waals surface area contributed by atoms with E-state index in [4.69, 9.17) is 5.73 Å². The van der Waals surface area contributed by atoms with Crippen LogP contribution in [0.25, 0.3) is 0 Å². The second-order valence-corrected chi connectivity index (χ2v) is 4.35. The van der Waals surface area contributed by atoms with Crippen molar-refractivity contribution >= 4 is 28.3 Å². The smallest absolute Gasteiger partial charge is 0.391 e. The molecule has 0 aliphatic heterocycles. The topological polar surface area (TPSA) is 46.2 Å². The van der Waals surface area contributed by atoms with Crippen LogP contribution in [0.3, 0.4) is 0 Å². The number of hydrogen-bond donors (Lipinski definition) is 2. The summed E-state index contributed by atoms with van der Waals surface area (Å²) in [6.07, 6.45) is -5.33. The van der Waals surface area contributed by atoms with Gasteiger partial charge in [0.05, 0.1) is 17.7 Å². The van der Waals surface area contributed by atoms with Crippen LogP contribution < -0.4 is 5.73 Å². The summed E-state index contributed by atoms with van der Waals surface area (Å²) >= 11 is 3.11. The number of hydrogen-bond acceptors (Lipinski definition) is 2. The van der Waals surface area contributed by atoms with E-state index in [1.807, 2.05) is 0 Å². The van der Waals surface area contributed by atoms with Crippen LogP contribution in [0.5, 0.6) is 0 Å². The SMILES string of the molecule is C[C@H](O)[C@H](N)c1cc(C(F)(F)F)ccc1Br.Cl. The molecule has 0 aliphatic carbocycles. The predicted octanol–water partition coefficient (Wildman–Crippen LogP) is 3.27. The van der Waals surface area contributed by atoms with Crippen LogP contribution >= 0.6 is 28.3 Å². The van der Waals surface area contributed by atoms with E-state index in [-0.39, 0.29) is 18.0 Å². The first-order valence-electron chi connectivity index (χ1n) is 4.53. The molecule has 0 saturated carbocycles. The molecule has 2 atom stereocenters. The molecule has 0 aromatic heterocycles. The van der Waals surface area contributed by atoms with Crippen LogP contribution in [0, 0.1) is 0 Å². The molecule has 7 heteroatoms. The lowest BCUT2D eigenvalue weighted by atomic mass is 10.0. The molecule has 3 N–H and O–H groups in total. The van der Waals surface area contributed by atoms with E-state index in [1.165, 1.54) is 13.0 Å². The minimum absolute atomic E-state index is 0. The average Bonchev–Trinajstić information content (AvgIpc) is 2.15. The Morgan fingerprint density at radius 2 is 1.88 bits per heavy atom. The van der Waals surface area contributed by atoms with E-state index < -0.39 is 23.9 Å². The lowest BCUT2D eigenvalue weighted by molar-refractivity contribution is -0.137. The minimum Gasteiger partial charge on any atom is -0.391 e. The van der Waals surface area contributed by atoms with Crippen molar-refractivity contribution in [1.82, 2.24) is 0 Å². The maximum Gasteiger partial charge on any atom is 0.416 e. The lowest BCUT2D eigenvalue weighted by Gasteiger charge is -2.18. The van der Waals surface area contributed by atoms with Crippen molar-refractivity contribution in [3.05, 3.63) is 33.8 Å². The monoisotopic (exact) mass is 333 g/mol. The van der Waals surface area contributed by atoms with Gasteiger partial charge >= 0.3 is 6.18 Å². The van der Waals surface area contributed by atoms with Gasteiger partial charge < -0.3 is 10.8 Å². The third-order valence-electron chi connectivity index (χ3n) is 2.20. The molecule has 1 aromatic rings. The van der Waals surface area contributed by atoms with Crippen molar-refractivity contribution in [2.45, 2.75) is 25.2 Å². The fraction of sp³-hybridized carbons (Fsp3) is 0.400. The van der Waals surface area contributed by atoms with E-state index in [2.05, 4.69) is 15.9 Å². The highest BCUT2D eigenvalue weighted by Gasteiger charge is 2.31. The Morgan fingerprint density at radius 1 is 1.35 bits per heavy atom. The highest BCUT2D eigenvalue weighted by atomic mass is 79.9. The molecule has 1 aromatic carbocycles. The van der Waals surface area contributed by atoms with Crippen LogP contribution in [0.4, 0.5) is 13.2 Å². The summed E-state index contributed by atoms with van der Waals surface area (Å²) in [5, 5.41) is 9.27. The van der Waals surface area contributed by atoms with Gasteiger partial charge in [0, 0.05) is 4.47 Å². The van der Waals surface area contributed by atoms with Crippen molar-refractivity contribution in [3.63, 3.8) is 0 Å². The molecular formula is C10H12BrClF3NO. The lowest BCUT2D eigenvalue weighted by Crippen LogP contribution is -2.24. The minimum atomic E-state index is -4.41. The quantitative estimate of drug-likeness (QED) is 0.872. The molecule has 0 unspecified atom stereocenters. The highest BCUT2D eigenvalue weighted by molar-refractivity contribution is 9.10. The van der Waals surface area contributed by atoms with Crippen molar-refractivity contribution in [1.29, 1.82) is 0 Å². The first-order valence-corrected chi connectivity index (χ1v) is 5.33. The molecule has 0 spiro atoms. The highest BCUT2D eigenvalue weighted by Crippen LogP contribution is 2.34. The Hall–Kier alpha value is -0.300. The summed E-state index contributed by atoms with van der Waals surface area (Å²) in [5.41, 5.74) is 5.07. The van der Waals surface area contributed by atoms with Gasteiger partial charge in [0.1, 0.15) is 0 Å². The molecule has 0 heterocycles. The van der Waals surface area contributed by atoms with Crippen molar-refractivity contribution < 1.29 is 18.3 Å². The van der Waals surface area contributed by atoms with Gasteiger partial charge in [-0.25, -0.2) is 0 Å². The number of aliphatic hydroxyl groups is 1. The molecule has 0 radical (unpaired) electrons. The number of rotatable bonds is 2. The second-order valence-electron chi connectivity index (χ2n) is 3.50. The van der Waals surface area contributed by atoms with Crippen LogP contribution in [-0.2, 0) is 6.18 Å². The van der Waals surface area contributed by atoms with Gasteiger partial charge in [0.15, 0.2) is 0 Å². The van der Waals surface area contributed by atoms with Gasteiger partial charge in [-0.3, -0.25) is 0 Å². The van der Waals surface area contributed by atoms with Gasteiger partial charge in [-0.15, -0.1) is 12.4 Å². The number of nitrogens with two attached hydrogens (primary N) is 1. The summed E-state index contributed by atoms with van der Waals surface area (Å²) in [6, 6.07) is 2.33. The van der Waals surface area contributed by atoms with Crippen molar-refractivity contribution in [2.24, 2.45) is 5.73 Å². The van der Waals surface area contributed by atoms with Gasteiger partial charge in [-0.1, -0.05) is 15.9 Å². The molecule has 0 aliphatic rings. The zero-order chi connectivity index (χ0) is 12.5. The summed E-state index contributed by atoms with van der Waals surface area (Å²) in [6.45, 7) is 1.43. The van der Waals surface area contributed by atoms with Crippen LogP contribution in [0.1, 0.15) is 24.1 Å². The standard InChI is InChI=1S/C10H11BrF3NO.ClH/c1-5(16)9(15)7-4-6(10(12,13)14)2-3-8(7)11;/h2-5,9,16H,15H2,1H3;1H/t5-,9-;/m0./s1. The Bertz CT molecular complexity index is 384. The van der Waals surface area contributed by atoms with Crippen LogP contribution in [0.2, 0.25) is 0 Å². The summed E-state index contributed by atoms with van der Waals surface area (Å²) in [4.78, 5) is 0. The van der Waals surface area contributed by atoms with E-state index in [1.54, 1.807) is 0 Å². The van der Waals surface area contributed by atoms with Gasteiger partial charge in [-0.05, 0) is 30.7 Å². The third-order valence-corrected chi connectivity index (χ3v) is 2.92. The molecule has 2 nitrogen and oxygen atoms in total. The van der Waals surface area contributed by atoms with Gasteiger partial charge in [-0.2, -0.15) is 13.2 Å². The van der Waals surface area contributed by atoms with E-state index in [9.17, 15) is 18.3 Å². The fourth-order valence-electron chi connectivity index (χ4n) is 1.24. The first-order chi connectivity index (χ1) is 7.23. The molecule has 0 bridgehead atoms.